The minimum Gasteiger partial charge on any atom is -0.444 e. The van der Waals surface area contributed by atoms with Crippen LogP contribution in [0.2, 0.25) is 5.02 Å². The lowest BCUT2D eigenvalue weighted by atomic mass is 10.2. The highest BCUT2D eigenvalue weighted by Gasteiger charge is 2.13. The molecule has 1 N–H and O–H groups in total. The summed E-state index contributed by atoms with van der Waals surface area (Å²) in [5.41, 5.74) is 1.61. The van der Waals surface area contributed by atoms with Gasteiger partial charge < -0.3 is 14.3 Å². The van der Waals surface area contributed by atoms with Crippen molar-refractivity contribution in [3.63, 3.8) is 0 Å². The first-order chi connectivity index (χ1) is 11.1. The molecule has 0 aliphatic rings. The van der Waals surface area contributed by atoms with Crippen LogP contribution in [0.3, 0.4) is 0 Å². The smallest absolute Gasteiger partial charge is 0.232 e. The largest absolute Gasteiger partial charge is 0.444 e. The zero-order valence-electron chi connectivity index (χ0n) is 12.9. The fourth-order valence-electron chi connectivity index (χ4n) is 2.09. The standard InChI is InChI=1S/C16H17ClN4O2/c1-10(18-2)7-14-20-15(23-21-14)8-13-9-22-16(19-13)11-3-5-12(17)6-4-11/h3-6,9-10,18H,7-8H2,1-2H3. The normalized spacial score (nSPS) is 12.5. The van der Waals surface area contributed by atoms with Gasteiger partial charge in [0.1, 0.15) is 6.26 Å². The summed E-state index contributed by atoms with van der Waals surface area (Å²) in [6.07, 6.45) is 2.76. The summed E-state index contributed by atoms with van der Waals surface area (Å²) in [5.74, 6) is 1.75. The number of hydrogen-bond donors (Lipinski definition) is 1. The minimum absolute atomic E-state index is 0.295. The molecule has 3 rings (SSSR count). The predicted molar refractivity (Wildman–Crippen MR) is 86.3 cm³/mol. The molecule has 1 unspecified atom stereocenters. The number of benzene rings is 1. The Morgan fingerprint density at radius 1 is 1.22 bits per heavy atom. The molecule has 1 atom stereocenters. The second-order valence-electron chi connectivity index (χ2n) is 5.33. The summed E-state index contributed by atoms with van der Waals surface area (Å²) in [4.78, 5) is 8.81. The number of likely N-dealkylation sites (N-methyl/N-ethyl adjacent to an activating group) is 1. The molecular weight excluding hydrogens is 316 g/mol. The molecule has 120 valence electrons. The van der Waals surface area contributed by atoms with E-state index in [4.69, 9.17) is 20.5 Å². The van der Waals surface area contributed by atoms with Gasteiger partial charge in [0, 0.05) is 23.0 Å². The van der Waals surface area contributed by atoms with E-state index in [0.717, 1.165) is 17.7 Å². The van der Waals surface area contributed by atoms with Gasteiger partial charge in [-0.05, 0) is 38.2 Å². The van der Waals surface area contributed by atoms with E-state index in [9.17, 15) is 0 Å². The van der Waals surface area contributed by atoms with E-state index in [2.05, 4.69) is 27.4 Å². The highest BCUT2D eigenvalue weighted by Crippen LogP contribution is 2.21. The van der Waals surface area contributed by atoms with Gasteiger partial charge in [-0.25, -0.2) is 4.98 Å². The third-order valence-electron chi connectivity index (χ3n) is 3.47. The fourth-order valence-corrected chi connectivity index (χ4v) is 2.21. The fraction of sp³-hybridized carbons (Fsp3) is 0.312. The molecular formula is C16H17ClN4O2. The lowest BCUT2D eigenvalue weighted by molar-refractivity contribution is 0.376. The predicted octanol–water partition coefficient (Wildman–Crippen LogP) is 3.12. The quantitative estimate of drug-likeness (QED) is 0.747. The average molecular weight is 333 g/mol. The van der Waals surface area contributed by atoms with Crippen molar-refractivity contribution in [2.75, 3.05) is 7.05 Å². The van der Waals surface area contributed by atoms with Gasteiger partial charge in [0.15, 0.2) is 5.82 Å². The zero-order chi connectivity index (χ0) is 16.2. The third kappa shape index (κ3) is 3.97. The number of aromatic nitrogens is 3. The maximum atomic E-state index is 5.88. The van der Waals surface area contributed by atoms with E-state index in [-0.39, 0.29) is 0 Å². The van der Waals surface area contributed by atoms with Crippen LogP contribution in [-0.4, -0.2) is 28.2 Å². The van der Waals surface area contributed by atoms with Gasteiger partial charge in [0.2, 0.25) is 11.8 Å². The van der Waals surface area contributed by atoms with Crippen LogP contribution >= 0.6 is 11.6 Å². The molecule has 23 heavy (non-hydrogen) atoms. The van der Waals surface area contributed by atoms with Gasteiger partial charge in [-0.15, -0.1) is 0 Å². The summed E-state index contributed by atoms with van der Waals surface area (Å²) in [6, 6.07) is 7.62. The molecule has 0 saturated carbocycles. The average Bonchev–Trinajstić information content (AvgIpc) is 3.18. The minimum atomic E-state index is 0.295. The van der Waals surface area contributed by atoms with Crippen molar-refractivity contribution in [3.8, 4) is 11.5 Å². The van der Waals surface area contributed by atoms with E-state index < -0.39 is 0 Å². The van der Waals surface area contributed by atoms with E-state index in [1.165, 1.54) is 0 Å². The van der Waals surface area contributed by atoms with Crippen LogP contribution in [0.4, 0.5) is 0 Å². The third-order valence-corrected chi connectivity index (χ3v) is 3.72. The highest BCUT2D eigenvalue weighted by atomic mass is 35.5. The van der Waals surface area contributed by atoms with Crippen LogP contribution in [0.15, 0.2) is 39.5 Å². The van der Waals surface area contributed by atoms with Crippen molar-refractivity contribution in [1.82, 2.24) is 20.4 Å². The van der Waals surface area contributed by atoms with Crippen LogP contribution in [-0.2, 0) is 12.8 Å². The molecule has 0 spiro atoms. The second-order valence-corrected chi connectivity index (χ2v) is 5.76. The lowest BCUT2D eigenvalue weighted by Gasteiger charge is -2.04. The first-order valence-electron chi connectivity index (χ1n) is 7.33. The van der Waals surface area contributed by atoms with Gasteiger partial charge in [0.05, 0.1) is 12.1 Å². The van der Waals surface area contributed by atoms with Gasteiger partial charge in [-0.1, -0.05) is 16.8 Å². The Bertz CT molecular complexity index is 766. The van der Waals surface area contributed by atoms with Crippen molar-refractivity contribution < 1.29 is 8.94 Å². The second kappa shape index (κ2) is 6.93. The summed E-state index contributed by atoms with van der Waals surface area (Å²) in [6.45, 7) is 2.06. The number of oxazole rings is 1. The molecule has 6 nitrogen and oxygen atoms in total. The van der Waals surface area contributed by atoms with Crippen molar-refractivity contribution in [2.24, 2.45) is 0 Å². The molecule has 7 heteroatoms. The molecule has 0 aliphatic carbocycles. The molecule has 2 heterocycles. The number of halogens is 1. The molecule has 0 fully saturated rings. The lowest BCUT2D eigenvalue weighted by Crippen LogP contribution is -2.24. The number of rotatable bonds is 6. The summed E-state index contributed by atoms with van der Waals surface area (Å²) >= 11 is 5.88. The topological polar surface area (TPSA) is 77.0 Å². The number of hydrogen-bond acceptors (Lipinski definition) is 6. The molecule has 0 bridgehead atoms. The van der Waals surface area contributed by atoms with Crippen LogP contribution in [0.25, 0.3) is 11.5 Å². The first-order valence-corrected chi connectivity index (χ1v) is 7.71. The Morgan fingerprint density at radius 3 is 2.74 bits per heavy atom. The summed E-state index contributed by atoms with van der Waals surface area (Å²) in [5, 5.41) is 7.79. The van der Waals surface area contributed by atoms with Crippen molar-refractivity contribution in [3.05, 3.63) is 53.0 Å². The van der Waals surface area contributed by atoms with E-state index in [1.807, 2.05) is 19.2 Å². The molecule has 0 radical (unpaired) electrons. The van der Waals surface area contributed by atoms with Gasteiger partial charge in [0.25, 0.3) is 0 Å². The Balaban J connectivity index is 1.68. The number of nitrogens with one attached hydrogen (secondary N) is 1. The molecule has 3 aromatic rings. The monoisotopic (exact) mass is 332 g/mol. The Kier molecular flexibility index (Phi) is 4.73. The SMILES string of the molecule is CNC(C)Cc1noc(Cc2coc(-c3ccc(Cl)cc3)n2)n1. The summed E-state index contributed by atoms with van der Waals surface area (Å²) < 4.78 is 10.8. The van der Waals surface area contributed by atoms with Gasteiger partial charge >= 0.3 is 0 Å². The maximum absolute atomic E-state index is 5.88. The molecule has 2 aromatic heterocycles. The molecule has 0 saturated heterocycles. The van der Waals surface area contributed by atoms with Crippen molar-refractivity contribution in [2.45, 2.75) is 25.8 Å². The molecule has 1 aromatic carbocycles. The Labute approximate surface area is 138 Å². The first kappa shape index (κ1) is 15.7. The molecule has 0 aliphatic heterocycles. The summed E-state index contributed by atoms with van der Waals surface area (Å²) in [7, 11) is 1.90. The van der Waals surface area contributed by atoms with Crippen LogP contribution in [0.5, 0.6) is 0 Å². The maximum Gasteiger partial charge on any atom is 0.232 e. The van der Waals surface area contributed by atoms with E-state index in [1.54, 1.807) is 18.4 Å². The highest BCUT2D eigenvalue weighted by molar-refractivity contribution is 6.30. The molecule has 0 amide bonds. The van der Waals surface area contributed by atoms with E-state index >= 15 is 0 Å². The van der Waals surface area contributed by atoms with Crippen LogP contribution < -0.4 is 5.32 Å². The Hall–Kier alpha value is -2.18. The van der Waals surface area contributed by atoms with E-state index in [0.29, 0.717) is 35.1 Å². The van der Waals surface area contributed by atoms with Crippen molar-refractivity contribution >= 4 is 11.6 Å². The van der Waals surface area contributed by atoms with Crippen LogP contribution in [0.1, 0.15) is 24.3 Å². The van der Waals surface area contributed by atoms with Gasteiger partial charge in [-0.3, -0.25) is 0 Å². The zero-order valence-corrected chi connectivity index (χ0v) is 13.7. The van der Waals surface area contributed by atoms with Crippen LogP contribution in [0, 0.1) is 0 Å². The van der Waals surface area contributed by atoms with Gasteiger partial charge in [-0.2, -0.15) is 4.98 Å². The van der Waals surface area contributed by atoms with Crippen molar-refractivity contribution in [1.29, 1.82) is 0 Å². The number of nitrogens with zero attached hydrogens (tertiary/aromatic N) is 3. The Morgan fingerprint density at radius 2 is 2.00 bits per heavy atom.